The van der Waals surface area contributed by atoms with Gasteiger partial charge in [0.05, 0.1) is 0 Å². The molecule has 0 aromatic carbocycles. The Morgan fingerprint density at radius 2 is 1.31 bits per heavy atom. The summed E-state index contributed by atoms with van der Waals surface area (Å²) in [6.45, 7) is 23.7. The standard InChI is InChI=1S/C28H50.2C2H6/c1-7-9-16-26(4)17-13-21-22-11-10-12-24(25(3)19-20-25)27(22,5)18-14-23(21)28(26,6)15-8-2;2*1-2/h21-24H,7-20H2,1-6H3;2*1-2H3. The summed E-state index contributed by atoms with van der Waals surface area (Å²) >= 11 is 0. The van der Waals surface area contributed by atoms with Gasteiger partial charge in [-0.3, -0.25) is 0 Å². The third-order valence-corrected chi connectivity index (χ3v) is 11.6. The summed E-state index contributed by atoms with van der Waals surface area (Å²) in [6, 6.07) is 0. The van der Waals surface area contributed by atoms with Crippen LogP contribution in [-0.2, 0) is 0 Å². The Morgan fingerprint density at radius 3 is 1.88 bits per heavy atom. The molecule has 0 bridgehead atoms. The lowest BCUT2D eigenvalue weighted by atomic mass is 9.39. The summed E-state index contributed by atoms with van der Waals surface area (Å²) in [5.74, 6) is 4.11. The molecule has 4 aliphatic carbocycles. The van der Waals surface area contributed by atoms with Crippen LogP contribution >= 0.6 is 0 Å². The number of rotatable bonds is 6. The molecule has 7 unspecified atom stereocenters. The molecule has 4 saturated carbocycles. The van der Waals surface area contributed by atoms with Crippen molar-refractivity contribution in [2.24, 2.45) is 45.3 Å². The van der Waals surface area contributed by atoms with Crippen molar-refractivity contribution >= 4 is 0 Å². The Labute approximate surface area is 204 Å². The van der Waals surface area contributed by atoms with Gasteiger partial charge in [-0.25, -0.2) is 0 Å². The van der Waals surface area contributed by atoms with Crippen molar-refractivity contribution in [2.75, 3.05) is 0 Å². The molecule has 0 heteroatoms. The number of unbranched alkanes of at least 4 members (excludes halogenated alkanes) is 1. The van der Waals surface area contributed by atoms with Gasteiger partial charge in [-0.1, -0.05) is 94.9 Å². The zero-order chi connectivity index (χ0) is 24.2. The summed E-state index contributed by atoms with van der Waals surface area (Å²) in [6.07, 6.45) is 21.0. The van der Waals surface area contributed by atoms with Gasteiger partial charge in [0.1, 0.15) is 0 Å². The van der Waals surface area contributed by atoms with E-state index < -0.39 is 0 Å². The fourth-order valence-electron chi connectivity index (χ4n) is 9.57. The molecule has 0 saturated heterocycles. The van der Waals surface area contributed by atoms with Crippen LogP contribution in [0.4, 0.5) is 0 Å². The first-order valence-corrected chi connectivity index (χ1v) is 15.2. The molecule has 0 aliphatic heterocycles. The monoisotopic (exact) mass is 446 g/mol. The highest BCUT2D eigenvalue weighted by Gasteiger charge is 2.63. The zero-order valence-corrected chi connectivity index (χ0v) is 24.2. The third kappa shape index (κ3) is 4.73. The second-order valence-electron chi connectivity index (χ2n) is 12.9. The van der Waals surface area contributed by atoms with Crippen molar-refractivity contribution in [1.29, 1.82) is 0 Å². The van der Waals surface area contributed by atoms with Crippen molar-refractivity contribution in [3.63, 3.8) is 0 Å². The lowest BCUT2D eigenvalue weighted by molar-refractivity contribution is -0.170. The predicted octanol–water partition coefficient (Wildman–Crippen LogP) is 11.1. The van der Waals surface area contributed by atoms with Crippen molar-refractivity contribution in [1.82, 2.24) is 0 Å². The van der Waals surface area contributed by atoms with Crippen molar-refractivity contribution < 1.29 is 0 Å². The smallest absolute Gasteiger partial charge is 0.0241 e. The number of fused-ring (bicyclic) bond motifs is 3. The van der Waals surface area contributed by atoms with Crippen LogP contribution in [0.2, 0.25) is 0 Å². The van der Waals surface area contributed by atoms with Gasteiger partial charge in [0.25, 0.3) is 0 Å². The second kappa shape index (κ2) is 11.2. The summed E-state index contributed by atoms with van der Waals surface area (Å²) in [7, 11) is 0. The fraction of sp³-hybridized carbons (Fsp3) is 1.00. The summed E-state index contributed by atoms with van der Waals surface area (Å²) in [5.41, 5.74) is 2.55. The van der Waals surface area contributed by atoms with Crippen molar-refractivity contribution in [3.8, 4) is 0 Å². The Bertz CT molecular complexity index is 558. The maximum atomic E-state index is 2.77. The first kappa shape index (κ1) is 28.2. The molecular formula is C32H62. The predicted molar refractivity (Wildman–Crippen MR) is 145 cm³/mol. The molecule has 0 N–H and O–H groups in total. The van der Waals surface area contributed by atoms with E-state index in [0.29, 0.717) is 16.2 Å². The highest BCUT2D eigenvalue weighted by molar-refractivity contribution is 5.13. The molecule has 0 radical (unpaired) electrons. The molecule has 190 valence electrons. The minimum absolute atomic E-state index is 0.581. The van der Waals surface area contributed by atoms with Gasteiger partial charge in [0.2, 0.25) is 0 Å². The molecule has 7 atom stereocenters. The summed E-state index contributed by atoms with van der Waals surface area (Å²) in [4.78, 5) is 0. The highest BCUT2D eigenvalue weighted by Crippen LogP contribution is 2.72. The number of hydrogen-bond donors (Lipinski definition) is 0. The molecule has 4 aliphatic rings. The molecule has 0 heterocycles. The van der Waals surface area contributed by atoms with Gasteiger partial charge in [-0.15, -0.1) is 0 Å². The third-order valence-electron chi connectivity index (χ3n) is 11.6. The Hall–Kier alpha value is 0. The van der Waals surface area contributed by atoms with E-state index in [9.17, 15) is 0 Å². The van der Waals surface area contributed by atoms with Gasteiger partial charge >= 0.3 is 0 Å². The molecular weight excluding hydrogens is 384 g/mol. The molecule has 4 rings (SSSR count). The minimum atomic E-state index is 0.581. The quantitative estimate of drug-likeness (QED) is 0.380. The van der Waals surface area contributed by atoms with E-state index in [1.165, 1.54) is 57.8 Å². The Balaban J connectivity index is 0.000000860. The molecule has 4 fully saturated rings. The van der Waals surface area contributed by atoms with E-state index in [-0.39, 0.29) is 0 Å². The van der Waals surface area contributed by atoms with Crippen LogP contribution in [0, 0.1) is 45.3 Å². The second-order valence-corrected chi connectivity index (χ2v) is 12.9. The SMILES string of the molecule is CC.CC.CCCCC1(C)CCC2C3CCCC(C4(C)CC4)C3(C)CCC2C1(C)CCC. The molecule has 0 aromatic heterocycles. The zero-order valence-electron chi connectivity index (χ0n) is 24.2. The van der Waals surface area contributed by atoms with Crippen molar-refractivity contribution in [3.05, 3.63) is 0 Å². The maximum Gasteiger partial charge on any atom is -0.0241 e. The Morgan fingerprint density at radius 1 is 0.656 bits per heavy atom. The van der Waals surface area contributed by atoms with E-state index in [1.807, 2.05) is 27.7 Å². The highest BCUT2D eigenvalue weighted by atomic mass is 14.7. The van der Waals surface area contributed by atoms with Gasteiger partial charge < -0.3 is 0 Å². The van der Waals surface area contributed by atoms with Gasteiger partial charge in [0, 0.05) is 0 Å². The topological polar surface area (TPSA) is 0 Å². The largest absolute Gasteiger partial charge is 0.0683 e. The molecule has 0 nitrogen and oxygen atoms in total. The average molecular weight is 447 g/mol. The van der Waals surface area contributed by atoms with E-state index in [4.69, 9.17) is 0 Å². The van der Waals surface area contributed by atoms with E-state index in [0.717, 1.165) is 29.1 Å². The van der Waals surface area contributed by atoms with Crippen LogP contribution < -0.4 is 0 Å². The molecule has 32 heavy (non-hydrogen) atoms. The fourth-order valence-corrected chi connectivity index (χ4v) is 9.57. The van der Waals surface area contributed by atoms with Gasteiger partial charge in [-0.2, -0.15) is 0 Å². The summed E-state index contributed by atoms with van der Waals surface area (Å²) in [5, 5.41) is 0. The molecule has 0 amide bonds. The van der Waals surface area contributed by atoms with E-state index in [1.54, 1.807) is 32.1 Å². The first-order chi connectivity index (χ1) is 15.2. The first-order valence-electron chi connectivity index (χ1n) is 15.2. The van der Waals surface area contributed by atoms with Crippen LogP contribution in [0.25, 0.3) is 0 Å². The van der Waals surface area contributed by atoms with E-state index in [2.05, 4.69) is 41.5 Å². The van der Waals surface area contributed by atoms with Crippen LogP contribution in [0.5, 0.6) is 0 Å². The van der Waals surface area contributed by atoms with E-state index >= 15 is 0 Å². The molecule has 0 spiro atoms. The van der Waals surface area contributed by atoms with Crippen LogP contribution in [0.15, 0.2) is 0 Å². The van der Waals surface area contributed by atoms with Gasteiger partial charge in [-0.05, 0) is 110 Å². The number of hydrogen-bond acceptors (Lipinski definition) is 0. The lowest BCUT2D eigenvalue weighted by Gasteiger charge is -2.66. The lowest BCUT2D eigenvalue weighted by Crippen LogP contribution is -2.58. The summed E-state index contributed by atoms with van der Waals surface area (Å²) < 4.78 is 0. The van der Waals surface area contributed by atoms with Crippen LogP contribution in [-0.4, -0.2) is 0 Å². The maximum absolute atomic E-state index is 2.77. The Kier molecular flexibility index (Phi) is 9.85. The molecule has 0 aromatic rings. The van der Waals surface area contributed by atoms with Crippen LogP contribution in [0.3, 0.4) is 0 Å². The minimum Gasteiger partial charge on any atom is -0.0683 e. The van der Waals surface area contributed by atoms with Crippen LogP contribution in [0.1, 0.15) is 159 Å². The average Bonchev–Trinajstić information content (AvgIpc) is 3.55. The normalized spacial score (nSPS) is 44.1. The van der Waals surface area contributed by atoms with Crippen molar-refractivity contribution in [2.45, 2.75) is 159 Å². The van der Waals surface area contributed by atoms with Gasteiger partial charge in [0.15, 0.2) is 0 Å².